The molecule has 0 unspecified atom stereocenters. The Morgan fingerprint density at radius 2 is 0.645 bits per heavy atom. The van der Waals surface area contributed by atoms with Crippen molar-refractivity contribution in [1.29, 1.82) is 0 Å². The van der Waals surface area contributed by atoms with Crippen LogP contribution in [-0.2, 0) is 28.2 Å². The van der Waals surface area contributed by atoms with E-state index in [1.54, 1.807) is 45.3 Å². The lowest BCUT2D eigenvalue weighted by molar-refractivity contribution is -0.631. The molecule has 13 aromatic rings. The first-order chi connectivity index (χ1) is 42.6. The summed E-state index contributed by atoms with van der Waals surface area (Å²) in [4.78, 5) is 23.6. The number of hydrogen-bond acceptors (Lipinski definition) is 8. The second-order valence-electron chi connectivity index (χ2n) is 24.7. The van der Waals surface area contributed by atoms with E-state index in [1.807, 2.05) is 19.9 Å². The van der Waals surface area contributed by atoms with Crippen LogP contribution in [0.25, 0.3) is 97.0 Å². The number of hydrogen-bond donors (Lipinski definition) is 0. The molecule has 0 saturated carbocycles. The highest BCUT2D eigenvalue weighted by Gasteiger charge is 2.25. The molecule has 0 bridgehead atoms. The van der Waals surface area contributed by atoms with Crippen molar-refractivity contribution in [3.05, 3.63) is 209 Å². The summed E-state index contributed by atoms with van der Waals surface area (Å²) in [5.74, 6) is -0.184. The number of aryl methyl sites for hydroxylation is 13. The van der Waals surface area contributed by atoms with Gasteiger partial charge in [0.15, 0.2) is 0 Å². The molecule has 8 heterocycles. The zero-order valence-electron chi connectivity index (χ0n) is 56.9. The highest BCUT2D eigenvalue weighted by atomic mass is 32.1. The van der Waals surface area contributed by atoms with E-state index in [9.17, 15) is 0 Å². The maximum atomic E-state index is 8.22. The predicted molar refractivity (Wildman–Crippen MR) is 407 cm³/mol. The van der Waals surface area contributed by atoms with E-state index in [4.69, 9.17) is 11.3 Å². The normalized spacial score (nSPS) is 11.2. The maximum Gasteiger partial charge on any atom is 0.289 e. The molecular formula is C81H102N8S4+4. The molecule has 12 heteroatoms. The molecule has 0 saturated heterocycles. The molecule has 8 nitrogen and oxygen atoms in total. The lowest BCUT2D eigenvalue weighted by Gasteiger charge is -2.09. The molecule has 0 atom stereocenters. The summed E-state index contributed by atoms with van der Waals surface area (Å²) in [5, 5.41) is 4.25. The fraction of sp³-hybridized carbons (Fsp3) is 0.333. The number of thiazole rings is 4. The summed E-state index contributed by atoms with van der Waals surface area (Å²) in [6.07, 6.45) is 0. The molecule has 5 aromatic carbocycles. The quantitative estimate of drug-likeness (QED) is 0.149. The molecule has 0 amide bonds. The molecule has 13 rings (SSSR count). The SMILES string of the molecule is C.C.C.C.Cc1cc(C)c(C)c(-c2ccc3nc(-c4ccccc4)sc3[n+]2C)c1.Cc1cc(C)c(C)c(-c2ccc3nc(C(C)C)sc3[n+]2C)c1.Cc1cc(C)c(C)c(-c2ccc3nc(C)sc3[n+]2C)c1.[2H]C(C)(C)c1nc2ccc(-c3cc(C)cc(C)c3C)[n+](C)c2s1. The Balaban J connectivity index is 0.000000196. The van der Waals surface area contributed by atoms with Crippen molar-refractivity contribution < 1.29 is 19.6 Å². The molecule has 8 aromatic heterocycles. The first-order valence-electron chi connectivity index (χ1n) is 31.1. The minimum absolute atomic E-state index is 0. The van der Waals surface area contributed by atoms with Gasteiger partial charge in [0, 0.05) is 65.3 Å². The fourth-order valence-corrected chi connectivity index (χ4v) is 15.7. The van der Waals surface area contributed by atoms with Gasteiger partial charge in [-0.3, -0.25) is 0 Å². The lowest BCUT2D eigenvalue weighted by atomic mass is 9.97. The van der Waals surface area contributed by atoms with Crippen LogP contribution < -0.4 is 18.3 Å². The van der Waals surface area contributed by atoms with Gasteiger partial charge in [-0.1, -0.05) is 168 Å². The van der Waals surface area contributed by atoms with Gasteiger partial charge in [0.2, 0.25) is 22.8 Å². The van der Waals surface area contributed by atoms with Gasteiger partial charge in [0.05, 0.1) is 5.01 Å². The molecule has 486 valence electrons. The van der Waals surface area contributed by atoms with Gasteiger partial charge in [-0.05, 0) is 194 Å². The van der Waals surface area contributed by atoms with E-state index in [2.05, 4.69) is 282 Å². The number of benzene rings is 5. The Kier molecular flexibility index (Phi) is 23.9. The van der Waals surface area contributed by atoms with Gasteiger partial charge in [-0.25, -0.2) is 19.9 Å². The molecular weight excluding hydrogens is 1210 g/mol. The standard InChI is InChI=1S/C22H21N2S.2C19H23N2S.C17H19N2S.4CH4/c1-14-12-15(2)16(3)18(13-14)20-11-10-19-22(24(20)4)25-21(23-19)17-8-6-5-7-9-17;2*1-11(2)18-20-16-7-8-17(21(6)19(16)22-18)15-10-12(3)9-13(4)14(15)5;1-10-8-11(2)12(3)14(9-10)16-7-6-15-17(19(16)5)20-13(4)18-15;;;;/h5-13H,1-4H3;2*7-11H,1-6H3;6-9H,1-5H3;4*1H4/q4*+1;;;;/i;11D;;;;;;. The molecule has 0 aliphatic heterocycles. The summed E-state index contributed by atoms with van der Waals surface area (Å²) in [6.45, 7) is 36.4. The molecule has 0 radical (unpaired) electrons. The smallest absolute Gasteiger partial charge is 0.235 e. The summed E-state index contributed by atoms with van der Waals surface area (Å²) >= 11 is 6.93. The summed E-state index contributed by atoms with van der Waals surface area (Å²) < 4.78 is 17.3. The van der Waals surface area contributed by atoms with Crippen LogP contribution in [0.5, 0.6) is 0 Å². The third kappa shape index (κ3) is 15.4. The summed E-state index contributed by atoms with van der Waals surface area (Å²) in [7, 11) is 8.51. The third-order valence-electron chi connectivity index (χ3n) is 17.2. The Labute approximate surface area is 574 Å². The van der Waals surface area contributed by atoms with Crippen molar-refractivity contribution in [2.45, 2.75) is 159 Å². The molecule has 0 N–H and O–H groups in total. The number of rotatable bonds is 7. The van der Waals surface area contributed by atoms with Crippen molar-refractivity contribution in [3.63, 3.8) is 0 Å². The van der Waals surface area contributed by atoms with Crippen LogP contribution in [0.15, 0.2) is 127 Å². The Hall–Kier alpha value is -7.74. The van der Waals surface area contributed by atoms with E-state index < -0.39 is 5.89 Å². The van der Waals surface area contributed by atoms with E-state index >= 15 is 0 Å². The second-order valence-corrected chi connectivity index (χ2v) is 28.9. The van der Waals surface area contributed by atoms with Crippen LogP contribution >= 0.6 is 45.3 Å². The second kappa shape index (κ2) is 30.6. The average molecular weight is 1320 g/mol. The molecule has 0 aliphatic carbocycles. The van der Waals surface area contributed by atoms with Crippen molar-refractivity contribution in [3.8, 4) is 55.6 Å². The zero-order chi connectivity index (χ0) is 64.9. The first-order valence-corrected chi connectivity index (χ1v) is 33.9. The van der Waals surface area contributed by atoms with Crippen molar-refractivity contribution in [1.82, 2.24) is 19.9 Å². The summed E-state index contributed by atoms with van der Waals surface area (Å²) in [6, 6.07) is 45.7. The highest BCUT2D eigenvalue weighted by molar-refractivity contribution is 7.21. The topological polar surface area (TPSA) is 67.1 Å². The minimum Gasteiger partial charge on any atom is -0.235 e. The van der Waals surface area contributed by atoms with Crippen LogP contribution in [0.1, 0.15) is 152 Å². The minimum atomic E-state index is -0.660. The van der Waals surface area contributed by atoms with E-state index in [0.717, 1.165) is 41.9 Å². The van der Waals surface area contributed by atoms with Crippen LogP contribution in [-0.4, -0.2) is 19.9 Å². The van der Waals surface area contributed by atoms with E-state index in [0.29, 0.717) is 5.92 Å². The van der Waals surface area contributed by atoms with Gasteiger partial charge in [0.25, 0.3) is 19.3 Å². The molecule has 0 fully saturated rings. The average Bonchev–Trinajstić information content (AvgIpc) is 1.54. The molecule has 93 heavy (non-hydrogen) atoms. The fourth-order valence-electron chi connectivity index (χ4n) is 11.8. The highest BCUT2D eigenvalue weighted by Crippen LogP contribution is 2.35. The van der Waals surface area contributed by atoms with Crippen LogP contribution in [0.2, 0.25) is 0 Å². The van der Waals surface area contributed by atoms with Crippen LogP contribution in [0.3, 0.4) is 0 Å². The van der Waals surface area contributed by atoms with Crippen molar-refractivity contribution >= 4 is 86.7 Å². The monoisotopic (exact) mass is 1320 g/mol. The van der Waals surface area contributed by atoms with Gasteiger partial charge in [-0.2, -0.15) is 18.3 Å². The number of aromatic nitrogens is 8. The number of nitrogens with zero attached hydrogens (tertiary/aromatic N) is 8. The van der Waals surface area contributed by atoms with Crippen LogP contribution in [0, 0.1) is 90.0 Å². The Morgan fingerprint density at radius 1 is 0.344 bits per heavy atom. The molecule has 0 spiro atoms. The van der Waals surface area contributed by atoms with E-state index in [-0.39, 0.29) is 29.7 Å². The first kappa shape index (κ1) is 72.7. The number of fused-ring (bicyclic) bond motifs is 4. The summed E-state index contributed by atoms with van der Waals surface area (Å²) in [5.41, 5.74) is 31.5. The lowest BCUT2D eigenvalue weighted by Crippen LogP contribution is -2.31. The number of pyridine rings is 4. The third-order valence-corrected chi connectivity index (χ3v) is 22.3. The Morgan fingerprint density at radius 3 is 0.989 bits per heavy atom. The van der Waals surface area contributed by atoms with Gasteiger partial charge in [-0.15, -0.1) is 0 Å². The van der Waals surface area contributed by atoms with Gasteiger partial charge < -0.3 is 0 Å². The van der Waals surface area contributed by atoms with E-state index in [1.165, 1.54) is 137 Å². The maximum absolute atomic E-state index is 8.22. The van der Waals surface area contributed by atoms with Gasteiger partial charge in [0.1, 0.15) is 65.3 Å². The van der Waals surface area contributed by atoms with Gasteiger partial charge >= 0.3 is 0 Å². The molecule has 0 aliphatic rings. The Bertz CT molecular complexity index is 4880. The largest absolute Gasteiger partial charge is 0.289 e. The van der Waals surface area contributed by atoms with Crippen molar-refractivity contribution in [2.75, 3.05) is 0 Å². The zero-order valence-corrected chi connectivity index (χ0v) is 59.2. The predicted octanol–water partition coefficient (Wildman–Crippen LogP) is 21.6. The van der Waals surface area contributed by atoms with Crippen molar-refractivity contribution in [2.24, 2.45) is 28.2 Å². The van der Waals surface area contributed by atoms with Crippen LogP contribution in [0.4, 0.5) is 0 Å².